The quantitative estimate of drug-likeness (QED) is 0.534. The number of fused-ring (bicyclic) bond motifs is 1. The lowest BCUT2D eigenvalue weighted by molar-refractivity contribution is -0.119. The Labute approximate surface area is 206 Å². The number of anilines is 4. The number of carbonyl (C=O) groups is 1. The molecule has 3 aromatic rings. The molecular weight excluding hydrogens is 464 g/mol. The second-order valence-corrected chi connectivity index (χ2v) is 10.8. The number of hydrogen-bond acceptors (Lipinski definition) is 6. The van der Waals surface area contributed by atoms with Gasteiger partial charge in [-0.1, -0.05) is 12.1 Å². The molecule has 1 unspecified atom stereocenters. The molecule has 4 rings (SSSR count). The molecule has 184 valence electrons. The Morgan fingerprint density at radius 3 is 2.17 bits per heavy atom. The van der Waals surface area contributed by atoms with Gasteiger partial charge in [0.2, 0.25) is 15.9 Å². The van der Waals surface area contributed by atoms with E-state index < -0.39 is 10.0 Å². The zero-order valence-corrected chi connectivity index (χ0v) is 21.3. The van der Waals surface area contributed by atoms with E-state index in [1.54, 1.807) is 43.3 Å². The molecule has 0 spiro atoms. The van der Waals surface area contributed by atoms with E-state index >= 15 is 0 Å². The van der Waals surface area contributed by atoms with Crippen LogP contribution in [0.1, 0.15) is 12.5 Å². The Balaban J connectivity index is 1.63. The highest BCUT2D eigenvalue weighted by molar-refractivity contribution is 7.89. The highest BCUT2D eigenvalue weighted by atomic mass is 32.2. The first-order valence-electron chi connectivity index (χ1n) is 11.2. The van der Waals surface area contributed by atoms with Crippen molar-refractivity contribution in [2.45, 2.75) is 24.4 Å². The topological polar surface area (TPSA) is 82.2 Å². The van der Waals surface area contributed by atoms with Gasteiger partial charge in [-0.05, 0) is 67.1 Å². The zero-order chi connectivity index (χ0) is 25.3. The molecule has 1 amide bonds. The summed E-state index contributed by atoms with van der Waals surface area (Å²) in [5, 5.41) is 3.35. The predicted octanol–water partition coefficient (Wildman–Crippen LogP) is 4.06. The number of hydrogen-bond donors (Lipinski definition) is 1. The van der Waals surface area contributed by atoms with Crippen molar-refractivity contribution >= 4 is 38.7 Å². The number of amides is 1. The van der Waals surface area contributed by atoms with Gasteiger partial charge in [0, 0.05) is 39.1 Å². The molecule has 9 heteroatoms. The number of rotatable bonds is 7. The molecule has 0 saturated carbocycles. The molecule has 3 aromatic carbocycles. The number of benzene rings is 3. The smallest absolute Gasteiger partial charge is 0.249 e. The van der Waals surface area contributed by atoms with E-state index in [1.165, 1.54) is 18.4 Å². The van der Waals surface area contributed by atoms with E-state index in [9.17, 15) is 13.2 Å². The van der Waals surface area contributed by atoms with Gasteiger partial charge in [0.15, 0.2) is 0 Å². The van der Waals surface area contributed by atoms with Crippen molar-refractivity contribution in [1.82, 2.24) is 4.31 Å². The summed E-state index contributed by atoms with van der Waals surface area (Å²) in [5.74, 6) is 0.817. The third kappa shape index (κ3) is 4.82. The highest BCUT2D eigenvalue weighted by Gasteiger charge is 2.33. The van der Waals surface area contributed by atoms with Crippen LogP contribution in [0.5, 0.6) is 5.75 Å². The van der Waals surface area contributed by atoms with Crippen LogP contribution in [0.4, 0.5) is 22.7 Å². The SMILES string of the molecule is COc1ccc(CN2c3cc(Nc4ccc(S(=O)(=O)N(C)C)cc4)ccc3N(C)C(=O)C2C)cc1. The number of sulfonamides is 1. The van der Waals surface area contributed by atoms with Crippen LogP contribution in [0.25, 0.3) is 0 Å². The minimum atomic E-state index is -3.48. The molecule has 0 saturated heterocycles. The molecule has 0 fully saturated rings. The molecule has 1 heterocycles. The van der Waals surface area contributed by atoms with Gasteiger partial charge in [-0.2, -0.15) is 0 Å². The first kappa shape index (κ1) is 24.6. The first-order valence-corrected chi connectivity index (χ1v) is 12.7. The summed E-state index contributed by atoms with van der Waals surface area (Å²) in [6.07, 6.45) is 0. The van der Waals surface area contributed by atoms with Crippen LogP contribution < -0.4 is 19.9 Å². The number of nitrogens with zero attached hydrogens (tertiary/aromatic N) is 3. The van der Waals surface area contributed by atoms with Crippen LogP contribution in [0, 0.1) is 0 Å². The maximum atomic E-state index is 12.9. The molecule has 0 radical (unpaired) electrons. The van der Waals surface area contributed by atoms with E-state index in [0.717, 1.165) is 34.1 Å². The fourth-order valence-electron chi connectivity index (χ4n) is 4.09. The van der Waals surface area contributed by atoms with Gasteiger partial charge in [-0.25, -0.2) is 12.7 Å². The lowest BCUT2D eigenvalue weighted by Crippen LogP contribution is -2.50. The molecule has 0 aliphatic carbocycles. The molecule has 1 N–H and O–H groups in total. The monoisotopic (exact) mass is 494 g/mol. The highest BCUT2D eigenvalue weighted by Crippen LogP contribution is 2.39. The second kappa shape index (κ2) is 9.59. The maximum Gasteiger partial charge on any atom is 0.249 e. The third-order valence-corrected chi connectivity index (χ3v) is 8.06. The van der Waals surface area contributed by atoms with E-state index in [4.69, 9.17) is 4.74 Å². The Hall–Kier alpha value is -3.56. The summed E-state index contributed by atoms with van der Waals surface area (Å²) in [4.78, 5) is 16.9. The fourth-order valence-corrected chi connectivity index (χ4v) is 4.99. The van der Waals surface area contributed by atoms with Crippen LogP contribution >= 0.6 is 0 Å². The van der Waals surface area contributed by atoms with Crippen LogP contribution in [-0.4, -0.2) is 52.9 Å². The Bertz CT molecular complexity index is 1320. The number of methoxy groups -OCH3 is 1. The lowest BCUT2D eigenvalue weighted by atomic mass is 10.0. The van der Waals surface area contributed by atoms with Gasteiger partial charge in [0.05, 0.1) is 23.4 Å². The standard InChI is InChI=1S/C26H30N4O4S/c1-18-26(31)29(4)24-15-10-21(27-20-8-13-23(14-9-20)35(32,33)28(2)3)16-25(24)30(18)17-19-6-11-22(34-5)12-7-19/h6-16,18,27H,17H2,1-5H3. The van der Waals surface area contributed by atoms with Crippen molar-refractivity contribution in [3.63, 3.8) is 0 Å². The minimum Gasteiger partial charge on any atom is -0.497 e. The average molecular weight is 495 g/mol. The summed E-state index contributed by atoms with van der Waals surface area (Å²) in [7, 11) is 2.96. The molecule has 0 aromatic heterocycles. The van der Waals surface area contributed by atoms with Crippen LogP contribution in [0.2, 0.25) is 0 Å². The Morgan fingerprint density at radius 2 is 1.57 bits per heavy atom. The van der Waals surface area contributed by atoms with Crippen molar-refractivity contribution in [2.24, 2.45) is 0 Å². The van der Waals surface area contributed by atoms with Crippen LogP contribution in [-0.2, 0) is 21.4 Å². The van der Waals surface area contributed by atoms with E-state index in [1.807, 2.05) is 49.4 Å². The van der Waals surface area contributed by atoms with Gasteiger partial charge in [-0.3, -0.25) is 4.79 Å². The lowest BCUT2D eigenvalue weighted by Gasteiger charge is -2.40. The summed E-state index contributed by atoms with van der Waals surface area (Å²) in [5.41, 5.74) is 4.43. The fraction of sp³-hybridized carbons (Fsp3) is 0.269. The van der Waals surface area contributed by atoms with E-state index in [-0.39, 0.29) is 16.8 Å². The number of ether oxygens (including phenoxy) is 1. The van der Waals surface area contributed by atoms with Crippen molar-refractivity contribution in [1.29, 1.82) is 0 Å². The van der Waals surface area contributed by atoms with Gasteiger partial charge >= 0.3 is 0 Å². The van der Waals surface area contributed by atoms with Gasteiger partial charge in [-0.15, -0.1) is 0 Å². The molecule has 1 atom stereocenters. The third-order valence-electron chi connectivity index (χ3n) is 6.24. The normalized spacial score (nSPS) is 15.8. The van der Waals surface area contributed by atoms with Crippen molar-refractivity contribution in [3.05, 3.63) is 72.3 Å². The summed E-state index contributed by atoms with van der Waals surface area (Å²) in [6.45, 7) is 2.48. The Kier molecular flexibility index (Phi) is 6.73. The van der Waals surface area contributed by atoms with Crippen LogP contribution in [0.3, 0.4) is 0 Å². The van der Waals surface area contributed by atoms with Gasteiger partial charge in [0.25, 0.3) is 0 Å². The van der Waals surface area contributed by atoms with Gasteiger partial charge in [0.1, 0.15) is 11.8 Å². The minimum absolute atomic E-state index is 0.0319. The number of nitrogens with one attached hydrogen (secondary N) is 1. The van der Waals surface area contributed by atoms with Crippen molar-refractivity contribution in [3.8, 4) is 5.75 Å². The number of likely N-dealkylation sites (N-methyl/N-ethyl adjacent to an activating group) is 1. The van der Waals surface area contributed by atoms with Crippen molar-refractivity contribution < 1.29 is 17.9 Å². The average Bonchev–Trinajstić information content (AvgIpc) is 2.86. The van der Waals surface area contributed by atoms with E-state index in [0.29, 0.717) is 6.54 Å². The number of carbonyl (C=O) groups excluding carboxylic acids is 1. The summed E-state index contributed by atoms with van der Waals surface area (Å²) in [6, 6.07) is 20.0. The largest absolute Gasteiger partial charge is 0.497 e. The van der Waals surface area contributed by atoms with Gasteiger partial charge < -0.3 is 19.9 Å². The maximum absolute atomic E-state index is 12.9. The molecule has 35 heavy (non-hydrogen) atoms. The molecule has 0 bridgehead atoms. The molecule has 8 nitrogen and oxygen atoms in total. The summed E-state index contributed by atoms with van der Waals surface area (Å²) >= 11 is 0. The molecule has 1 aliphatic heterocycles. The predicted molar refractivity (Wildman–Crippen MR) is 139 cm³/mol. The molecular formula is C26H30N4O4S. The first-order chi connectivity index (χ1) is 16.6. The molecule has 1 aliphatic rings. The van der Waals surface area contributed by atoms with Crippen molar-refractivity contribution in [2.75, 3.05) is 43.4 Å². The Morgan fingerprint density at radius 1 is 0.943 bits per heavy atom. The van der Waals surface area contributed by atoms with Crippen LogP contribution in [0.15, 0.2) is 71.6 Å². The van der Waals surface area contributed by atoms with E-state index in [2.05, 4.69) is 10.2 Å². The summed E-state index contributed by atoms with van der Waals surface area (Å²) < 4.78 is 31.1. The zero-order valence-electron chi connectivity index (χ0n) is 20.5. The second-order valence-electron chi connectivity index (χ2n) is 8.69.